The minimum Gasteiger partial charge on any atom is -0.497 e. The number of hydrogen-bond donors (Lipinski definition) is 0. The van der Waals surface area contributed by atoms with Gasteiger partial charge in [-0.15, -0.1) is 0 Å². The number of hydrogen-bond acceptors (Lipinski definition) is 3. The SMILES string of the molecule is COc1ccc([C@@H]2N(C)c3ccccc3-c3nc4ccccc4n32)cc1. The molecule has 1 aliphatic heterocycles. The number of para-hydroxylation sites is 3. The van der Waals surface area contributed by atoms with Crippen LogP contribution in [0.25, 0.3) is 22.4 Å². The van der Waals surface area contributed by atoms with Crippen molar-refractivity contribution in [3.63, 3.8) is 0 Å². The van der Waals surface area contributed by atoms with Crippen LogP contribution in [0.3, 0.4) is 0 Å². The molecule has 26 heavy (non-hydrogen) atoms. The highest BCUT2D eigenvalue weighted by atomic mass is 16.5. The molecule has 1 atom stereocenters. The lowest BCUT2D eigenvalue weighted by Gasteiger charge is -2.38. The molecule has 0 bridgehead atoms. The van der Waals surface area contributed by atoms with E-state index in [1.54, 1.807) is 7.11 Å². The highest BCUT2D eigenvalue weighted by Crippen LogP contribution is 2.43. The average molecular weight is 341 g/mol. The molecule has 0 saturated heterocycles. The summed E-state index contributed by atoms with van der Waals surface area (Å²) in [5.74, 6) is 1.88. The van der Waals surface area contributed by atoms with E-state index in [0.29, 0.717) is 0 Å². The van der Waals surface area contributed by atoms with Gasteiger partial charge in [0.15, 0.2) is 0 Å². The Hall–Kier alpha value is -3.27. The van der Waals surface area contributed by atoms with Crippen LogP contribution in [-0.2, 0) is 0 Å². The number of aromatic nitrogens is 2. The fourth-order valence-electron chi connectivity index (χ4n) is 3.91. The third kappa shape index (κ3) is 2.05. The molecule has 0 spiro atoms. The Bertz CT molecular complexity index is 1100. The van der Waals surface area contributed by atoms with E-state index < -0.39 is 0 Å². The van der Waals surface area contributed by atoms with Gasteiger partial charge in [0, 0.05) is 18.3 Å². The van der Waals surface area contributed by atoms with Crippen molar-refractivity contribution in [2.24, 2.45) is 0 Å². The zero-order valence-electron chi connectivity index (χ0n) is 14.8. The van der Waals surface area contributed by atoms with Gasteiger partial charge in [0.05, 0.1) is 18.1 Å². The molecule has 0 amide bonds. The predicted molar refractivity (Wildman–Crippen MR) is 105 cm³/mol. The van der Waals surface area contributed by atoms with Gasteiger partial charge in [0.1, 0.15) is 17.7 Å². The van der Waals surface area contributed by atoms with E-state index in [0.717, 1.165) is 28.2 Å². The van der Waals surface area contributed by atoms with E-state index in [-0.39, 0.29) is 6.17 Å². The molecule has 0 radical (unpaired) electrons. The van der Waals surface area contributed by atoms with Crippen molar-refractivity contribution in [3.8, 4) is 17.1 Å². The molecule has 0 unspecified atom stereocenters. The summed E-state index contributed by atoms with van der Waals surface area (Å²) in [6, 6.07) is 25.1. The average Bonchev–Trinajstić information content (AvgIpc) is 3.08. The maximum Gasteiger partial charge on any atom is 0.145 e. The van der Waals surface area contributed by atoms with Gasteiger partial charge in [-0.1, -0.05) is 36.4 Å². The highest BCUT2D eigenvalue weighted by molar-refractivity contribution is 5.87. The molecular formula is C22H19N3O. The van der Waals surface area contributed by atoms with Crippen molar-refractivity contribution >= 4 is 16.7 Å². The summed E-state index contributed by atoms with van der Waals surface area (Å²) in [6.07, 6.45) is 0.0400. The van der Waals surface area contributed by atoms with Gasteiger partial charge in [-0.3, -0.25) is 4.57 Å². The van der Waals surface area contributed by atoms with E-state index in [1.165, 1.54) is 11.3 Å². The van der Waals surface area contributed by atoms with Crippen molar-refractivity contribution < 1.29 is 4.74 Å². The molecule has 1 aliphatic rings. The molecule has 2 heterocycles. The Balaban J connectivity index is 1.81. The van der Waals surface area contributed by atoms with Crippen LogP contribution in [0.5, 0.6) is 5.75 Å². The van der Waals surface area contributed by atoms with Crippen LogP contribution in [0.4, 0.5) is 5.69 Å². The molecule has 4 heteroatoms. The van der Waals surface area contributed by atoms with Gasteiger partial charge in [0.2, 0.25) is 0 Å². The number of imidazole rings is 1. The van der Waals surface area contributed by atoms with Crippen LogP contribution < -0.4 is 9.64 Å². The number of nitrogens with zero attached hydrogens (tertiary/aromatic N) is 3. The molecule has 0 N–H and O–H groups in total. The van der Waals surface area contributed by atoms with Crippen molar-refractivity contribution in [2.75, 3.05) is 19.1 Å². The second-order valence-electron chi connectivity index (χ2n) is 6.57. The van der Waals surface area contributed by atoms with Crippen LogP contribution in [0.1, 0.15) is 11.7 Å². The van der Waals surface area contributed by atoms with E-state index in [1.807, 2.05) is 18.2 Å². The normalized spacial score (nSPS) is 15.6. The molecule has 4 aromatic rings. The number of methoxy groups -OCH3 is 1. The lowest BCUT2D eigenvalue weighted by atomic mass is 10.0. The first-order valence-electron chi connectivity index (χ1n) is 8.71. The maximum absolute atomic E-state index is 5.33. The molecular weight excluding hydrogens is 322 g/mol. The summed E-state index contributed by atoms with van der Waals surface area (Å²) in [5.41, 5.74) is 5.72. The predicted octanol–water partition coefficient (Wildman–Crippen LogP) is 4.71. The Morgan fingerprint density at radius 2 is 1.62 bits per heavy atom. The maximum atomic E-state index is 5.33. The first kappa shape index (κ1) is 15.0. The zero-order chi connectivity index (χ0) is 17.7. The number of anilines is 1. The number of ether oxygens (including phenoxy) is 1. The van der Waals surface area contributed by atoms with Crippen molar-refractivity contribution in [2.45, 2.75) is 6.17 Å². The number of benzene rings is 3. The smallest absolute Gasteiger partial charge is 0.145 e. The van der Waals surface area contributed by atoms with Crippen LogP contribution in [-0.4, -0.2) is 23.7 Å². The summed E-state index contributed by atoms with van der Waals surface area (Å²) in [6.45, 7) is 0. The second-order valence-corrected chi connectivity index (χ2v) is 6.57. The van der Waals surface area contributed by atoms with E-state index in [9.17, 15) is 0 Å². The number of rotatable bonds is 2. The van der Waals surface area contributed by atoms with Gasteiger partial charge in [-0.25, -0.2) is 4.98 Å². The minimum atomic E-state index is 0.0400. The Labute approximate surface area is 152 Å². The van der Waals surface area contributed by atoms with Gasteiger partial charge in [-0.2, -0.15) is 0 Å². The Morgan fingerprint density at radius 3 is 2.42 bits per heavy atom. The van der Waals surface area contributed by atoms with Gasteiger partial charge in [0.25, 0.3) is 0 Å². The van der Waals surface area contributed by atoms with Gasteiger partial charge >= 0.3 is 0 Å². The second kappa shape index (κ2) is 5.63. The van der Waals surface area contributed by atoms with E-state index in [2.05, 4.69) is 71.1 Å². The summed E-state index contributed by atoms with van der Waals surface area (Å²) >= 11 is 0. The molecule has 5 rings (SSSR count). The molecule has 3 aromatic carbocycles. The first-order valence-corrected chi connectivity index (χ1v) is 8.71. The van der Waals surface area contributed by atoms with Crippen molar-refractivity contribution in [1.29, 1.82) is 0 Å². The van der Waals surface area contributed by atoms with Crippen LogP contribution in [0, 0.1) is 0 Å². The third-order valence-corrected chi connectivity index (χ3v) is 5.15. The minimum absolute atomic E-state index is 0.0400. The molecule has 0 fully saturated rings. The van der Waals surface area contributed by atoms with Gasteiger partial charge < -0.3 is 9.64 Å². The molecule has 4 nitrogen and oxygen atoms in total. The van der Waals surface area contributed by atoms with Gasteiger partial charge in [-0.05, 0) is 42.0 Å². The lowest BCUT2D eigenvalue weighted by molar-refractivity contribution is 0.414. The van der Waals surface area contributed by atoms with E-state index in [4.69, 9.17) is 9.72 Å². The van der Waals surface area contributed by atoms with Crippen LogP contribution >= 0.6 is 0 Å². The Kier molecular flexibility index (Phi) is 3.25. The van der Waals surface area contributed by atoms with Crippen LogP contribution in [0.15, 0.2) is 72.8 Å². The highest BCUT2D eigenvalue weighted by Gasteiger charge is 2.32. The fraction of sp³-hybridized carbons (Fsp3) is 0.136. The molecule has 1 aromatic heterocycles. The lowest BCUT2D eigenvalue weighted by Crippen LogP contribution is -2.34. The summed E-state index contributed by atoms with van der Waals surface area (Å²) in [7, 11) is 3.84. The monoisotopic (exact) mass is 341 g/mol. The first-order chi connectivity index (χ1) is 12.8. The van der Waals surface area contributed by atoms with Crippen molar-refractivity contribution in [1.82, 2.24) is 9.55 Å². The molecule has 0 saturated carbocycles. The van der Waals surface area contributed by atoms with Crippen molar-refractivity contribution in [3.05, 3.63) is 78.4 Å². The summed E-state index contributed by atoms with van der Waals surface area (Å²) < 4.78 is 7.66. The quantitative estimate of drug-likeness (QED) is 0.529. The molecule has 0 aliphatic carbocycles. The van der Waals surface area contributed by atoms with Crippen LogP contribution in [0.2, 0.25) is 0 Å². The third-order valence-electron chi connectivity index (χ3n) is 5.15. The summed E-state index contributed by atoms with van der Waals surface area (Å²) in [4.78, 5) is 7.27. The summed E-state index contributed by atoms with van der Waals surface area (Å²) in [5, 5.41) is 0. The Morgan fingerprint density at radius 1 is 0.885 bits per heavy atom. The standard InChI is InChI=1S/C22H19N3O/c1-24-19-9-5-3-7-17(19)21-23-18-8-4-6-10-20(18)25(21)22(24)15-11-13-16(26-2)14-12-15/h3-14,22H,1-2H3/t22-/m1/s1. The zero-order valence-corrected chi connectivity index (χ0v) is 14.8. The topological polar surface area (TPSA) is 30.3 Å². The largest absolute Gasteiger partial charge is 0.497 e. The molecule has 128 valence electrons. The fourth-order valence-corrected chi connectivity index (χ4v) is 3.91. The van der Waals surface area contributed by atoms with E-state index >= 15 is 0 Å². The number of fused-ring (bicyclic) bond motifs is 5.